The predicted octanol–water partition coefficient (Wildman–Crippen LogP) is 0.262. The molecule has 0 amide bonds. The summed E-state index contributed by atoms with van der Waals surface area (Å²) in [6, 6.07) is 1.42. The van der Waals surface area contributed by atoms with Crippen molar-refractivity contribution in [2.24, 2.45) is 0 Å². The molecule has 0 bridgehead atoms. The number of carbonyl (C=O) groups is 1. The van der Waals surface area contributed by atoms with Crippen molar-refractivity contribution in [1.29, 1.82) is 5.26 Å². The molecule has 0 aliphatic rings. The molecular weight excluding hydrogens is 258 g/mol. The summed E-state index contributed by atoms with van der Waals surface area (Å²) in [5, 5.41) is 17.2. The van der Waals surface area contributed by atoms with Crippen LogP contribution < -0.4 is 0 Å². The molecule has 0 aliphatic carbocycles. The molecule has 0 aromatic heterocycles. The lowest BCUT2D eigenvalue weighted by Crippen LogP contribution is -2.49. The minimum atomic E-state index is -3.85. The molecule has 0 atom stereocenters. The molecule has 1 N–H and O–H groups in total. The monoisotopic (exact) mass is 277 g/mol. The Labute approximate surface area is 108 Å². The van der Waals surface area contributed by atoms with Gasteiger partial charge in [0.25, 0.3) is 10.2 Å². The number of hydrogen-bond donors (Lipinski definition) is 1. The van der Waals surface area contributed by atoms with Crippen LogP contribution in [0.15, 0.2) is 0 Å². The number of aliphatic carboxylic acids is 1. The topological polar surface area (TPSA) is 102 Å². The standard InChI is InChI=1S/C10H19N3O4S/c1-4-12(7-5-6-11)18(16,17)13(9(2)3)8-10(14)15/h9H,4-5,7-8H2,1-3H3,(H,14,15). The fourth-order valence-electron chi connectivity index (χ4n) is 1.42. The molecule has 104 valence electrons. The van der Waals surface area contributed by atoms with Gasteiger partial charge in [-0.15, -0.1) is 0 Å². The van der Waals surface area contributed by atoms with Crippen molar-refractivity contribution in [1.82, 2.24) is 8.61 Å². The Balaban J connectivity index is 5.14. The summed E-state index contributed by atoms with van der Waals surface area (Å²) in [4.78, 5) is 10.7. The van der Waals surface area contributed by atoms with Crippen molar-refractivity contribution in [2.75, 3.05) is 19.6 Å². The summed E-state index contributed by atoms with van der Waals surface area (Å²) in [5.74, 6) is -1.20. The van der Waals surface area contributed by atoms with Crippen LogP contribution >= 0.6 is 0 Å². The largest absolute Gasteiger partial charge is 0.480 e. The van der Waals surface area contributed by atoms with Gasteiger partial charge < -0.3 is 5.11 Å². The molecule has 0 spiro atoms. The van der Waals surface area contributed by atoms with E-state index in [-0.39, 0.29) is 19.5 Å². The number of hydrogen-bond acceptors (Lipinski definition) is 4. The van der Waals surface area contributed by atoms with Gasteiger partial charge in [0.15, 0.2) is 0 Å². The predicted molar refractivity (Wildman–Crippen MR) is 65.9 cm³/mol. The smallest absolute Gasteiger partial charge is 0.318 e. The summed E-state index contributed by atoms with van der Waals surface area (Å²) in [5.41, 5.74) is 0. The fourth-order valence-corrected chi connectivity index (χ4v) is 3.17. The molecule has 0 heterocycles. The number of carboxylic acid groups (broad SMARTS) is 1. The van der Waals surface area contributed by atoms with Gasteiger partial charge in [0.2, 0.25) is 0 Å². The molecular formula is C10H19N3O4S. The summed E-state index contributed by atoms with van der Waals surface area (Å²) in [6.45, 7) is 4.56. The Kier molecular flexibility index (Phi) is 6.83. The second kappa shape index (κ2) is 7.31. The molecule has 8 heteroatoms. The van der Waals surface area contributed by atoms with Crippen LogP contribution in [0.5, 0.6) is 0 Å². The van der Waals surface area contributed by atoms with Crippen LogP contribution in [0.2, 0.25) is 0 Å². The molecule has 0 unspecified atom stereocenters. The van der Waals surface area contributed by atoms with Crippen LogP contribution in [0.4, 0.5) is 0 Å². The van der Waals surface area contributed by atoms with E-state index < -0.39 is 28.8 Å². The molecule has 0 saturated carbocycles. The van der Waals surface area contributed by atoms with Crippen LogP contribution in [0.1, 0.15) is 27.2 Å². The fraction of sp³-hybridized carbons (Fsp3) is 0.800. The van der Waals surface area contributed by atoms with Gasteiger partial charge in [-0.05, 0) is 13.8 Å². The maximum atomic E-state index is 12.2. The van der Waals surface area contributed by atoms with Crippen molar-refractivity contribution in [3.8, 4) is 6.07 Å². The average molecular weight is 277 g/mol. The minimum Gasteiger partial charge on any atom is -0.480 e. The van der Waals surface area contributed by atoms with E-state index in [1.807, 2.05) is 6.07 Å². The highest BCUT2D eigenvalue weighted by Gasteiger charge is 2.31. The quantitative estimate of drug-likeness (QED) is 0.685. The third-order valence-electron chi connectivity index (χ3n) is 2.32. The molecule has 0 aromatic rings. The maximum Gasteiger partial charge on any atom is 0.318 e. The second-order valence-electron chi connectivity index (χ2n) is 3.94. The molecule has 7 nitrogen and oxygen atoms in total. The van der Waals surface area contributed by atoms with Crippen LogP contribution in [0, 0.1) is 11.3 Å². The van der Waals surface area contributed by atoms with Gasteiger partial charge in [-0.1, -0.05) is 6.92 Å². The summed E-state index contributed by atoms with van der Waals surface area (Å²) >= 11 is 0. The van der Waals surface area contributed by atoms with E-state index >= 15 is 0 Å². The normalized spacial score (nSPS) is 12.1. The summed E-state index contributed by atoms with van der Waals surface area (Å²) in [6.07, 6.45) is 0.0755. The van der Waals surface area contributed by atoms with Gasteiger partial charge in [0.05, 0.1) is 6.07 Å². The van der Waals surface area contributed by atoms with Crippen LogP contribution in [0.3, 0.4) is 0 Å². The molecule has 18 heavy (non-hydrogen) atoms. The van der Waals surface area contributed by atoms with Crippen molar-refractivity contribution >= 4 is 16.2 Å². The molecule has 0 aliphatic heterocycles. The zero-order valence-electron chi connectivity index (χ0n) is 10.8. The van der Waals surface area contributed by atoms with Gasteiger partial charge in [0, 0.05) is 25.6 Å². The van der Waals surface area contributed by atoms with Gasteiger partial charge in [-0.2, -0.15) is 22.3 Å². The Morgan fingerprint density at radius 1 is 1.44 bits per heavy atom. The minimum absolute atomic E-state index is 0.0676. The van der Waals surface area contributed by atoms with Crippen molar-refractivity contribution in [3.05, 3.63) is 0 Å². The molecule has 0 radical (unpaired) electrons. The van der Waals surface area contributed by atoms with E-state index in [1.54, 1.807) is 20.8 Å². The molecule has 0 rings (SSSR count). The Hall–Kier alpha value is -1.17. The summed E-state index contributed by atoms with van der Waals surface area (Å²) < 4.78 is 26.5. The lowest BCUT2D eigenvalue weighted by atomic mass is 10.4. The summed E-state index contributed by atoms with van der Waals surface area (Å²) in [7, 11) is -3.85. The van der Waals surface area contributed by atoms with Crippen molar-refractivity contribution in [2.45, 2.75) is 33.2 Å². The Bertz CT molecular complexity index is 413. The zero-order valence-corrected chi connectivity index (χ0v) is 11.6. The Morgan fingerprint density at radius 3 is 2.33 bits per heavy atom. The van der Waals surface area contributed by atoms with E-state index in [0.29, 0.717) is 0 Å². The Morgan fingerprint density at radius 2 is 2.00 bits per heavy atom. The van der Waals surface area contributed by atoms with Gasteiger partial charge in [0.1, 0.15) is 6.54 Å². The van der Waals surface area contributed by atoms with E-state index in [9.17, 15) is 13.2 Å². The zero-order chi connectivity index (χ0) is 14.3. The van der Waals surface area contributed by atoms with Crippen LogP contribution in [-0.4, -0.2) is 53.8 Å². The first-order valence-corrected chi connectivity index (χ1v) is 7.02. The lowest BCUT2D eigenvalue weighted by molar-refractivity contribution is -0.137. The highest BCUT2D eigenvalue weighted by molar-refractivity contribution is 7.86. The first-order chi connectivity index (χ1) is 8.27. The number of rotatable bonds is 8. The SMILES string of the molecule is CCN(CCC#N)S(=O)(=O)N(CC(=O)O)C(C)C. The molecule has 0 fully saturated rings. The number of carboxylic acids is 1. The second-order valence-corrected chi connectivity index (χ2v) is 5.82. The highest BCUT2D eigenvalue weighted by atomic mass is 32.2. The molecule has 0 saturated heterocycles. The van der Waals surface area contributed by atoms with E-state index in [1.165, 1.54) is 0 Å². The number of nitriles is 1. The van der Waals surface area contributed by atoms with Crippen molar-refractivity contribution < 1.29 is 18.3 Å². The first kappa shape index (κ1) is 16.8. The van der Waals surface area contributed by atoms with E-state index in [0.717, 1.165) is 8.61 Å². The van der Waals surface area contributed by atoms with E-state index in [4.69, 9.17) is 10.4 Å². The van der Waals surface area contributed by atoms with E-state index in [2.05, 4.69) is 0 Å². The lowest BCUT2D eigenvalue weighted by Gasteiger charge is -2.30. The maximum absolute atomic E-state index is 12.2. The van der Waals surface area contributed by atoms with Gasteiger partial charge >= 0.3 is 5.97 Å². The van der Waals surface area contributed by atoms with Gasteiger partial charge in [-0.25, -0.2) is 0 Å². The third-order valence-corrected chi connectivity index (χ3v) is 4.55. The van der Waals surface area contributed by atoms with Crippen molar-refractivity contribution in [3.63, 3.8) is 0 Å². The van der Waals surface area contributed by atoms with Crippen LogP contribution in [0.25, 0.3) is 0 Å². The van der Waals surface area contributed by atoms with Gasteiger partial charge in [-0.3, -0.25) is 4.79 Å². The highest BCUT2D eigenvalue weighted by Crippen LogP contribution is 2.12. The third kappa shape index (κ3) is 4.60. The first-order valence-electron chi connectivity index (χ1n) is 5.63. The molecule has 0 aromatic carbocycles. The average Bonchev–Trinajstić information content (AvgIpc) is 2.25. The van der Waals surface area contributed by atoms with Crippen LogP contribution in [-0.2, 0) is 15.0 Å². The number of nitrogens with zero attached hydrogens (tertiary/aromatic N) is 3.